The number of rotatable bonds is 11. The Morgan fingerprint density at radius 2 is 1.73 bits per heavy atom. The zero-order valence-electron chi connectivity index (χ0n) is 23.7. The summed E-state index contributed by atoms with van der Waals surface area (Å²) >= 11 is 1.72. The van der Waals surface area contributed by atoms with Crippen LogP contribution in [0, 0.1) is 13.8 Å². The summed E-state index contributed by atoms with van der Waals surface area (Å²) in [5, 5.41) is 0. The Bertz CT molecular complexity index is 871. The molecule has 4 rings (SSSR count). The summed E-state index contributed by atoms with van der Waals surface area (Å²) < 4.78 is 13.4. The SMILES string of the molecule is COc1cc(C)c(SN(C)CCOCC(=O)N(C)[C@H]2CCC[C@@H](N3CC[C@H](N4CCCC4)C3)C2)c(C)c1. The molecule has 3 aliphatic rings. The minimum Gasteiger partial charge on any atom is -0.497 e. The quantitative estimate of drug-likeness (QED) is 0.313. The van der Waals surface area contributed by atoms with Crippen LogP contribution in [0.1, 0.15) is 56.1 Å². The largest absolute Gasteiger partial charge is 0.497 e. The highest BCUT2D eigenvalue weighted by Crippen LogP contribution is 2.32. The van der Waals surface area contributed by atoms with Crippen molar-refractivity contribution >= 4 is 17.9 Å². The molecule has 1 amide bonds. The molecule has 0 radical (unpaired) electrons. The van der Waals surface area contributed by atoms with Crippen LogP contribution in [0.5, 0.6) is 5.75 Å². The van der Waals surface area contributed by atoms with Gasteiger partial charge in [-0.1, -0.05) is 0 Å². The van der Waals surface area contributed by atoms with Gasteiger partial charge in [0.2, 0.25) is 5.91 Å². The van der Waals surface area contributed by atoms with Crippen molar-refractivity contribution in [3.8, 4) is 5.75 Å². The van der Waals surface area contributed by atoms with E-state index in [9.17, 15) is 4.79 Å². The Balaban J connectivity index is 1.16. The number of amides is 1. The number of carbonyl (C=O) groups excluding carboxylic acids is 1. The number of carbonyl (C=O) groups is 1. The van der Waals surface area contributed by atoms with Crippen molar-refractivity contribution in [1.82, 2.24) is 19.0 Å². The summed E-state index contributed by atoms with van der Waals surface area (Å²) in [5.74, 6) is 1.00. The molecule has 0 N–H and O–H groups in total. The molecular formula is C29H48N4O3S. The monoisotopic (exact) mass is 532 g/mol. The molecule has 1 aromatic carbocycles. The average Bonchev–Trinajstić information content (AvgIpc) is 3.60. The van der Waals surface area contributed by atoms with Crippen molar-refractivity contribution in [3.63, 3.8) is 0 Å². The number of nitrogens with zero attached hydrogens (tertiary/aromatic N) is 4. The van der Waals surface area contributed by atoms with Crippen molar-refractivity contribution in [1.29, 1.82) is 0 Å². The Hall–Kier alpha value is -1.32. The van der Waals surface area contributed by atoms with Gasteiger partial charge in [0.05, 0.1) is 13.7 Å². The van der Waals surface area contributed by atoms with Gasteiger partial charge in [0.15, 0.2) is 0 Å². The molecule has 3 fully saturated rings. The van der Waals surface area contributed by atoms with Crippen LogP contribution < -0.4 is 4.74 Å². The normalized spacial score (nSPS) is 25.2. The molecule has 37 heavy (non-hydrogen) atoms. The second kappa shape index (κ2) is 13.7. The van der Waals surface area contributed by atoms with Crippen molar-refractivity contribution in [3.05, 3.63) is 23.3 Å². The lowest BCUT2D eigenvalue weighted by Crippen LogP contribution is -2.47. The first-order valence-corrected chi connectivity index (χ1v) is 15.0. The van der Waals surface area contributed by atoms with Gasteiger partial charge < -0.3 is 14.4 Å². The molecule has 2 saturated heterocycles. The van der Waals surface area contributed by atoms with E-state index >= 15 is 0 Å². The Kier molecular flexibility index (Phi) is 10.6. The number of ether oxygens (including phenoxy) is 2. The second-order valence-corrected chi connectivity index (χ2v) is 12.5. The maximum atomic E-state index is 12.9. The average molecular weight is 533 g/mol. The lowest BCUT2D eigenvalue weighted by molar-refractivity contribution is -0.137. The fraction of sp³-hybridized carbons (Fsp3) is 0.759. The number of likely N-dealkylation sites (N-methyl/N-ethyl adjacent to an activating group) is 2. The summed E-state index contributed by atoms with van der Waals surface area (Å²) in [6, 6.07) is 5.85. The lowest BCUT2D eigenvalue weighted by atomic mass is 9.89. The molecule has 1 aliphatic carbocycles. The van der Waals surface area contributed by atoms with Crippen molar-refractivity contribution in [2.75, 3.05) is 67.1 Å². The summed E-state index contributed by atoms with van der Waals surface area (Å²) in [6.45, 7) is 10.7. The summed E-state index contributed by atoms with van der Waals surface area (Å²) in [7, 11) is 5.75. The Morgan fingerprint density at radius 1 is 1.00 bits per heavy atom. The standard InChI is InChI=1S/C29H48N4O3S/c1-22-17-27(35-5)18-23(2)29(22)37-30(3)15-16-36-21-28(34)31(4)24-9-8-10-25(19-24)33-14-11-26(20-33)32-12-6-7-13-32/h17-18,24-26H,6-16,19-21H2,1-5H3/t24-,25+,26-/m0/s1. The van der Waals surface area contributed by atoms with Crippen molar-refractivity contribution in [2.45, 2.75) is 81.8 Å². The fourth-order valence-corrected chi connectivity index (χ4v) is 7.24. The van der Waals surface area contributed by atoms with Crippen LogP contribution >= 0.6 is 11.9 Å². The molecule has 208 valence electrons. The maximum Gasteiger partial charge on any atom is 0.248 e. The van der Waals surface area contributed by atoms with Gasteiger partial charge in [0, 0.05) is 49.7 Å². The van der Waals surface area contributed by atoms with Gasteiger partial charge in [-0.2, -0.15) is 0 Å². The van der Waals surface area contributed by atoms with Crippen LogP contribution in [0.15, 0.2) is 17.0 Å². The van der Waals surface area contributed by atoms with E-state index in [1.165, 1.54) is 74.3 Å². The zero-order chi connectivity index (χ0) is 26.4. The van der Waals surface area contributed by atoms with Gasteiger partial charge in [-0.3, -0.25) is 14.6 Å². The predicted molar refractivity (Wildman–Crippen MR) is 151 cm³/mol. The third kappa shape index (κ3) is 7.63. The highest BCUT2D eigenvalue weighted by Gasteiger charge is 2.36. The Labute approximate surface area is 228 Å². The smallest absolute Gasteiger partial charge is 0.248 e. The molecule has 0 aromatic heterocycles. The van der Waals surface area contributed by atoms with Gasteiger partial charge >= 0.3 is 0 Å². The van der Waals surface area contributed by atoms with Gasteiger partial charge in [0.1, 0.15) is 12.4 Å². The first-order valence-electron chi connectivity index (χ1n) is 14.2. The van der Waals surface area contributed by atoms with E-state index in [1.54, 1.807) is 19.1 Å². The predicted octanol–water partition coefficient (Wildman–Crippen LogP) is 4.21. The number of hydrogen-bond acceptors (Lipinski definition) is 7. The molecule has 2 aliphatic heterocycles. The number of hydrogen-bond donors (Lipinski definition) is 0. The third-order valence-electron chi connectivity index (χ3n) is 8.62. The fourth-order valence-electron chi connectivity index (χ4n) is 6.36. The molecule has 2 heterocycles. The number of methoxy groups -OCH3 is 1. The van der Waals surface area contributed by atoms with E-state index in [-0.39, 0.29) is 12.5 Å². The summed E-state index contributed by atoms with van der Waals surface area (Å²) in [5.41, 5.74) is 2.41. The van der Waals surface area contributed by atoms with E-state index in [4.69, 9.17) is 9.47 Å². The maximum absolute atomic E-state index is 12.9. The molecular weight excluding hydrogens is 484 g/mol. The molecule has 8 heteroatoms. The topological polar surface area (TPSA) is 48.5 Å². The van der Waals surface area contributed by atoms with E-state index in [2.05, 4.69) is 47.1 Å². The van der Waals surface area contributed by atoms with Crippen LogP contribution in [-0.2, 0) is 9.53 Å². The first-order chi connectivity index (χ1) is 17.9. The minimum absolute atomic E-state index is 0.110. The number of aryl methyl sites for hydroxylation is 2. The van der Waals surface area contributed by atoms with E-state index < -0.39 is 0 Å². The van der Waals surface area contributed by atoms with Crippen LogP contribution in [-0.4, -0.2) is 110 Å². The first kappa shape index (κ1) is 28.7. The van der Waals surface area contributed by atoms with Crippen molar-refractivity contribution in [2.24, 2.45) is 0 Å². The molecule has 0 unspecified atom stereocenters. The Morgan fingerprint density at radius 3 is 2.43 bits per heavy atom. The zero-order valence-corrected chi connectivity index (χ0v) is 24.5. The molecule has 3 atom stereocenters. The second-order valence-electron chi connectivity index (χ2n) is 11.2. The highest BCUT2D eigenvalue weighted by molar-refractivity contribution is 7.97. The van der Waals surface area contributed by atoms with E-state index in [0.717, 1.165) is 31.2 Å². The molecule has 0 spiro atoms. The van der Waals surface area contributed by atoms with Crippen LogP contribution in [0.25, 0.3) is 0 Å². The van der Waals surface area contributed by atoms with Crippen LogP contribution in [0.3, 0.4) is 0 Å². The molecule has 1 aromatic rings. The van der Waals surface area contributed by atoms with Crippen LogP contribution in [0.2, 0.25) is 0 Å². The number of benzene rings is 1. The van der Waals surface area contributed by atoms with Gasteiger partial charge in [-0.15, -0.1) is 0 Å². The van der Waals surface area contributed by atoms with Gasteiger partial charge in [0.25, 0.3) is 0 Å². The van der Waals surface area contributed by atoms with E-state index in [0.29, 0.717) is 18.7 Å². The summed E-state index contributed by atoms with van der Waals surface area (Å²) in [4.78, 5) is 21.6. The lowest BCUT2D eigenvalue weighted by Gasteiger charge is -2.39. The van der Waals surface area contributed by atoms with Crippen LogP contribution in [0.4, 0.5) is 0 Å². The van der Waals surface area contributed by atoms with E-state index in [1.807, 2.05) is 11.9 Å². The molecule has 1 saturated carbocycles. The summed E-state index contributed by atoms with van der Waals surface area (Å²) in [6.07, 6.45) is 8.76. The minimum atomic E-state index is 0.110. The highest BCUT2D eigenvalue weighted by atomic mass is 32.2. The number of likely N-dealkylation sites (tertiary alicyclic amines) is 2. The van der Waals surface area contributed by atoms with Crippen molar-refractivity contribution < 1.29 is 14.3 Å². The van der Waals surface area contributed by atoms with Gasteiger partial charge in [-0.25, -0.2) is 4.31 Å². The molecule has 7 nitrogen and oxygen atoms in total. The molecule has 0 bridgehead atoms. The van der Waals surface area contributed by atoms with Gasteiger partial charge in [-0.05, 0) is 114 Å². The third-order valence-corrected chi connectivity index (χ3v) is 9.94.